The third kappa shape index (κ3) is 4.03. The summed E-state index contributed by atoms with van der Waals surface area (Å²) in [6.45, 7) is 9.15. The summed E-state index contributed by atoms with van der Waals surface area (Å²) in [6, 6.07) is 0. The highest BCUT2D eigenvalue weighted by Gasteiger charge is 2.63. The third-order valence-corrected chi connectivity index (χ3v) is 9.88. The normalized spacial score (nSPS) is 44.2. The fraction of sp³-hybridized carbons (Fsp3) is 0.852. The number of hydrogen-bond acceptors (Lipinski definition) is 5. The van der Waals surface area contributed by atoms with Gasteiger partial charge >= 0.3 is 11.9 Å². The fourth-order valence-electron chi connectivity index (χ4n) is 8.49. The molecule has 7 unspecified atom stereocenters. The summed E-state index contributed by atoms with van der Waals surface area (Å²) in [5.74, 6) is 0.295. The van der Waals surface area contributed by atoms with Gasteiger partial charge in [-0.1, -0.05) is 39.3 Å². The first-order valence-electron chi connectivity index (χ1n) is 12.5. The molecule has 2 bridgehead atoms. The van der Waals surface area contributed by atoms with Crippen molar-refractivity contribution in [3.8, 4) is 0 Å². The van der Waals surface area contributed by atoms with Crippen molar-refractivity contribution in [2.45, 2.75) is 97.5 Å². The van der Waals surface area contributed by atoms with Gasteiger partial charge in [0.05, 0.1) is 32.2 Å². The molecule has 0 aromatic rings. The second-order valence-corrected chi connectivity index (χ2v) is 12.7. The van der Waals surface area contributed by atoms with E-state index in [0.29, 0.717) is 23.4 Å². The van der Waals surface area contributed by atoms with Gasteiger partial charge in [-0.2, -0.15) is 0 Å². The summed E-state index contributed by atoms with van der Waals surface area (Å²) in [5, 5.41) is 10.4. The number of esters is 2. The van der Waals surface area contributed by atoms with Gasteiger partial charge in [-0.25, -0.2) is 0 Å². The van der Waals surface area contributed by atoms with Gasteiger partial charge in [0.15, 0.2) is 0 Å². The zero-order valence-corrected chi connectivity index (χ0v) is 20.7. The van der Waals surface area contributed by atoms with Crippen LogP contribution in [0.4, 0.5) is 0 Å². The van der Waals surface area contributed by atoms with Crippen molar-refractivity contribution >= 4 is 11.9 Å². The molecule has 0 aliphatic heterocycles. The Bertz CT molecular complexity index is 802. The number of fused-ring (bicyclic) bond motifs is 3. The van der Waals surface area contributed by atoms with Crippen molar-refractivity contribution in [3.05, 3.63) is 12.2 Å². The molecule has 0 radical (unpaired) electrons. The molecule has 3 fully saturated rings. The van der Waals surface area contributed by atoms with E-state index in [1.165, 1.54) is 59.0 Å². The highest BCUT2D eigenvalue weighted by molar-refractivity contribution is 5.74. The molecule has 3 saturated carbocycles. The smallest absolute Gasteiger partial charge is 0.308 e. The Kier molecular flexibility index (Phi) is 5.84. The lowest BCUT2D eigenvalue weighted by Crippen LogP contribution is -2.58. The molecule has 0 saturated heterocycles. The Hall–Kier alpha value is -1.36. The van der Waals surface area contributed by atoms with Gasteiger partial charge in [0.1, 0.15) is 0 Å². The maximum absolute atomic E-state index is 12.6. The predicted molar refractivity (Wildman–Crippen MR) is 123 cm³/mol. The Balaban J connectivity index is 1.44. The van der Waals surface area contributed by atoms with Crippen molar-refractivity contribution in [1.82, 2.24) is 0 Å². The van der Waals surface area contributed by atoms with Crippen LogP contribution in [0, 0.1) is 33.5 Å². The quantitative estimate of drug-likeness (QED) is 0.448. The van der Waals surface area contributed by atoms with Crippen molar-refractivity contribution in [2.75, 3.05) is 13.7 Å². The maximum Gasteiger partial charge on any atom is 0.308 e. The number of ether oxygens (including phenoxy) is 2. The van der Waals surface area contributed by atoms with Gasteiger partial charge in [0.2, 0.25) is 0 Å². The summed E-state index contributed by atoms with van der Waals surface area (Å²) in [4.78, 5) is 24.1. The molecule has 7 atom stereocenters. The Labute approximate surface area is 193 Å². The van der Waals surface area contributed by atoms with Gasteiger partial charge in [-0.3, -0.25) is 9.59 Å². The van der Waals surface area contributed by atoms with E-state index in [1.54, 1.807) is 0 Å². The first-order valence-corrected chi connectivity index (χ1v) is 12.5. The van der Waals surface area contributed by atoms with E-state index in [1.807, 2.05) is 0 Å². The molecular weight excluding hydrogens is 404 g/mol. The van der Waals surface area contributed by atoms with Gasteiger partial charge in [-0.05, 0) is 80.0 Å². The molecule has 0 heterocycles. The SMILES string of the molecule is COC(=O)CC(C)(O)CC(=O)OCC1(C)CCCC2(C)C1CCC13C=CC(C)(CCC12)C3. The van der Waals surface area contributed by atoms with Crippen LogP contribution in [-0.4, -0.2) is 36.4 Å². The molecule has 4 aliphatic carbocycles. The molecule has 5 nitrogen and oxygen atoms in total. The van der Waals surface area contributed by atoms with Crippen LogP contribution >= 0.6 is 0 Å². The molecule has 180 valence electrons. The highest BCUT2D eigenvalue weighted by atomic mass is 16.5. The van der Waals surface area contributed by atoms with E-state index in [4.69, 9.17) is 4.74 Å². The molecule has 0 aromatic heterocycles. The van der Waals surface area contributed by atoms with Gasteiger partial charge in [0.25, 0.3) is 0 Å². The van der Waals surface area contributed by atoms with Crippen LogP contribution < -0.4 is 0 Å². The Morgan fingerprint density at radius 2 is 1.69 bits per heavy atom. The predicted octanol–water partition coefficient (Wildman–Crippen LogP) is 5.20. The number of allylic oxidation sites excluding steroid dienone is 2. The lowest BCUT2D eigenvalue weighted by molar-refractivity contribution is -0.174. The van der Waals surface area contributed by atoms with Crippen molar-refractivity contribution < 1.29 is 24.2 Å². The molecule has 1 N–H and O–H groups in total. The minimum Gasteiger partial charge on any atom is -0.469 e. The molecule has 0 amide bonds. The molecule has 5 heteroatoms. The van der Waals surface area contributed by atoms with Crippen LogP contribution in [0.15, 0.2) is 12.2 Å². The van der Waals surface area contributed by atoms with E-state index < -0.39 is 17.5 Å². The van der Waals surface area contributed by atoms with E-state index in [9.17, 15) is 14.7 Å². The van der Waals surface area contributed by atoms with Crippen molar-refractivity contribution in [3.63, 3.8) is 0 Å². The minimum atomic E-state index is -1.45. The largest absolute Gasteiger partial charge is 0.469 e. The van der Waals surface area contributed by atoms with Gasteiger partial charge < -0.3 is 14.6 Å². The molecule has 0 aromatic carbocycles. The first kappa shape index (κ1) is 23.8. The van der Waals surface area contributed by atoms with E-state index in [0.717, 1.165) is 12.3 Å². The van der Waals surface area contributed by atoms with E-state index >= 15 is 0 Å². The zero-order valence-electron chi connectivity index (χ0n) is 20.7. The summed E-state index contributed by atoms with van der Waals surface area (Å²) in [6.07, 6.45) is 14.6. The topological polar surface area (TPSA) is 72.8 Å². The lowest BCUT2D eigenvalue weighted by Gasteiger charge is -2.64. The first-order chi connectivity index (χ1) is 14.9. The second kappa shape index (κ2) is 7.85. The second-order valence-electron chi connectivity index (χ2n) is 12.7. The van der Waals surface area contributed by atoms with E-state index in [2.05, 4.69) is 37.7 Å². The van der Waals surface area contributed by atoms with Crippen LogP contribution in [0.1, 0.15) is 91.9 Å². The average Bonchev–Trinajstić information content (AvgIpc) is 2.94. The Morgan fingerprint density at radius 3 is 2.41 bits per heavy atom. The number of hydrogen-bond donors (Lipinski definition) is 1. The zero-order chi connectivity index (χ0) is 23.4. The summed E-state index contributed by atoms with van der Waals surface area (Å²) in [5.41, 5.74) is -0.438. The van der Waals surface area contributed by atoms with Crippen molar-refractivity contribution in [2.24, 2.45) is 33.5 Å². The summed E-state index contributed by atoms with van der Waals surface area (Å²) >= 11 is 0. The standard InChI is InChI=1S/C27H42O5/c1-23-11-7-20-26(4)10-6-9-24(2,19(26)8-12-27(20,17-23)14-13-23)18-32-22(29)16-25(3,30)15-21(28)31-5/h13-14,19-20,30H,6-12,15-18H2,1-5H3. The van der Waals surface area contributed by atoms with Crippen molar-refractivity contribution in [1.29, 1.82) is 0 Å². The number of aliphatic hydroxyl groups is 1. The average molecular weight is 447 g/mol. The molecule has 32 heavy (non-hydrogen) atoms. The molecule has 1 spiro atoms. The van der Waals surface area contributed by atoms with Gasteiger partial charge in [0, 0.05) is 5.41 Å². The summed E-state index contributed by atoms with van der Waals surface area (Å²) in [7, 11) is 1.28. The maximum atomic E-state index is 12.6. The number of carbonyl (C=O) groups is 2. The molecule has 4 aliphatic rings. The van der Waals surface area contributed by atoms with Crippen LogP contribution in [0.2, 0.25) is 0 Å². The van der Waals surface area contributed by atoms with Crippen LogP contribution in [-0.2, 0) is 19.1 Å². The number of carbonyl (C=O) groups excluding carboxylic acids is 2. The van der Waals surface area contributed by atoms with Gasteiger partial charge in [-0.15, -0.1) is 0 Å². The lowest BCUT2D eigenvalue weighted by atomic mass is 9.40. The molecular formula is C27H42O5. The Morgan fingerprint density at radius 1 is 1.00 bits per heavy atom. The van der Waals surface area contributed by atoms with Crippen LogP contribution in [0.3, 0.4) is 0 Å². The number of methoxy groups -OCH3 is 1. The highest BCUT2D eigenvalue weighted by Crippen LogP contribution is 2.71. The fourth-order valence-corrected chi connectivity index (χ4v) is 8.49. The molecule has 4 rings (SSSR count). The monoisotopic (exact) mass is 446 g/mol. The third-order valence-electron chi connectivity index (χ3n) is 9.88. The number of rotatable bonds is 6. The van der Waals surface area contributed by atoms with Crippen LogP contribution in [0.5, 0.6) is 0 Å². The summed E-state index contributed by atoms with van der Waals surface area (Å²) < 4.78 is 10.4. The van der Waals surface area contributed by atoms with E-state index in [-0.39, 0.29) is 23.7 Å². The minimum absolute atomic E-state index is 0.0401. The van der Waals surface area contributed by atoms with Crippen LogP contribution in [0.25, 0.3) is 0 Å².